The lowest BCUT2D eigenvalue weighted by molar-refractivity contribution is -0.137. The first-order chi connectivity index (χ1) is 27.5. The molecule has 6 aliphatic rings. The van der Waals surface area contributed by atoms with Crippen molar-refractivity contribution in [3.8, 4) is 5.75 Å². The van der Waals surface area contributed by atoms with Gasteiger partial charge in [0.15, 0.2) is 0 Å². The fraction of sp³-hybridized carbons (Fsp3) is 0.488. The van der Waals surface area contributed by atoms with Gasteiger partial charge in [0.2, 0.25) is 17.7 Å². The molecule has 3 aromatic rings. The number of carbonyl (C=O) groups excluding carboxylic acids is 4. The minimum Gasteiger partial charge on any atom is -0.508 e. The van der Waals surface area contributed by atoms with Crippen LogP contribution in [0.25, 0.3) is 0 Å². The average molecular weight is 803 g/mol. The number of carbonyl (C=O) groups is 4. The fourth-order valence-corrected chi connectivity index (χ4v) is 10.4. The van der Waals surface area contributed by atoms with E-state index in [1.807, 2.05) is 21.9 Å². The van der Waals surface area contributed by atoms with Gasteiger partial charge in [-0.05, 0) is 90.8 Å². The molecule has 11 nitrogen and oxygen atoms in total. The van der Waals surface area contributed by atoms with E-state index < -0.39 is 48.1 Å². The summed E-state index contributed by atoms with van der Waals surface area (Å²) in [5, 5.41) is 12.5. The number of nitrogens with one attached hydrogen (secondary N) is 1. The Kier molecular flexibility index (Phi) is 9.34. The van der Waals surface area contributed by atoms with Gasteiger partial charge in [-0.2, -0.15) is 0 Å². The SMILES string of the molecule is C[C@@H]1Cc2cc(O)ccc2[C@@H](c2c(F)cc(N3CCC4(CCN(C(=O)CN5Cc6cc7c(cc6C5)C(=O)N(C5CCC(=O)NC5=O)C7)C4)C3)cc2F)N1CC(C)(F)F. The van der Waals surface area contributed by atoms with Gasteiger partial charge < -0.3 is 19.8 Å². The number of phenols is 1. The molecule has 3 saturated heterocycles. The number of fused-ring (bicyclic) bond motifs is 3. The van der Waals surface area contributed by atoms with E-state index in [2.05, 4.69) is 10.2 Å². The third kappa shape index (κ3) is 6.89. The van der Waals surface area contributed by atoms with Crippen molar-refractivity contribution >= 4 is 29.3 Å². The molecular formula is C43H46F4N6O5. The Morgan fingerprint density at radius 1 is 0.931 bits per heavy atom. The zero-order valence-electron chi connectivity index (χ0n) is 32.5. The number of amides is 4. The topological polar surface area (TPSA) is 117 Å². The van der Waals surface area contributed by atoms with Gasteiger partial charge in [0.1, 0.15) is 23.4 Å². The summed E-state index contributed by atoms with van der Waals surface area (Å²) in [7, 11) is 0. The van der Waals surface area contributed by atoms with E-state index in [1.165, 1.54) is 34.1 Å². The summed E-state index contributed by atoms with van der Waals surface area (Å²) in [5.74, 6) is -5.77. The molecule has 3 fully saturated rings. The summed E-state index contributed by atoms with van der Waals surface area (Å²) in [6.07, 6.45) is 2.33. The maximum Gasteiger partial charge on any atom is 0.257 e. The van der Waals surface area contributed by atoms with E-state index >= 15 is 8.78 Å². The van der Waals surface area contributed by atoms with Crippen LogP contribution in [0, 0.1) is 17.0 Å². The van der Waals surface area contributed by atoms with Crippen molar-refractivity contribution in [2.75, 3.05) is 44.2 Å². The molecule has 1 spiro atoms. The molecule has 306 valence electrons. The molecule has 0 saturated carbocycles. The van der Waals surface area contributed by atoms with Gasteiger partial charge >= 0.3 is 0 Å². The molecule has 6 aliphatic heterocycles. The largest absolute Gasteiger partial charge is 0.508 e. The number of benzene rings is 3. The van der Waals surface area contributed by atoms with Crippen LogP contribution in [0.4, 0.5) is 23.2 Å². The van der Waals surface area contributed by atoms with Gasteiger partial charge in [-0.3, -0.25) is 34.3 Å². The number of imide groups is 1. The van der Waals surface area contributed by atoms with E-state index in [-0.39, 0.29) is 47.4 Å². The van der Waals surface area contributed by atoms with Crippen LogP contribution in [0.15, 0.2) is 42.5 Å². The van der Waals surface area contributed by atoms with Crippen molar-refractivity contribution in [2.45, 2.75) is 89.6 Å². The Hall–Kier alpha value is -5.02. The van der Waals surface area contributed by atoms with Crippen LogP contribution in [0.5, 0.6) is 5.75 Å². The molecule has 4 amide bonds. The summed E-state index contributed by atoms with van der Waals surface area (Å²) in [6.45, 7) is 5.55. The second-order valence-electron chi connectivity index (χ2n) is 17.5. The first-order valence-corrected chi connectivity index (χ1v) is 20.0. The number of aromatic hydroxyl groups is 1. The normalized spacial score (nSPS) is 26.1. The number of piperidine rings is 1. The number of nitrogens with zero attached hydrogens (tertiary/aromatic N) is 5. The highest BCUT2D eigenvalue weighted by Crippen LogP contribution is 2.45. The quantitative estimate of drug-likeness (QED) is 0.257. The minimum atomic E-state index is -3.11. The molecule has 0 radical (unpaired) electrons. The molecule has 0 aromatic heterocycles. The zero-order chi connectivity index (χ0) is 40.8. The molecule has 9 rings (SSSR count). The molecule has 4 atom stereocenters. The summed E-state index contributed by atoms with van der Waals surface area (Å²) in [6, 6.07) is 8.69. The highest BCUT2D eigenvalue weighted by molar-refractivity contribution is 6.05. The van der Waals surface area contributed by atoms with Crippen molar-refractivity contribution in [1.82, 2.24) is 24.9 Å². The van der Waals surface area contributed by atoms with E-state index in [4.69, 9.17) is 0 Å². The number of hydrogen-bond donors (Lipinski definition) is 2. The zero-order valence-corrected chi connectivity index (χ0v) is 32.5. The number of rotatable bonds is 7. The molecule has 15 heteroatoms. The highest BCUT2D eigenvalue weighted by Gasteiger charge is 2.47. The Balaban J connectivity index is 0.845. The van der Waals surface area contributed by atoms with Crippen molar-refractivity contribution in [2.24, 2.45) is 5.41 Å². The summed E-state index contributed by atoms with van der Waals surface area (Å²) < 4.78 is 61.4. The molecule has 3 aromatic carbocycles. The van der Waals surface area contributed by atoms with Crippen molar-refractivity contribution in [3.63, 3.8) is 0 Å². The lowest BCUT2D eigenvalue weighted by atomic mass is 9.84. The summed E-state index contributed by atoms with van der Waals surface area (Å²) in [5.41, 5.74) is 4.36. The number of alkyl halides is 2. The molecule has 6 heterocycles. The summed E-state index contributed by atoms with van der Waals surface area (Å²) >= 11 is 0. The molecule has 0 aliphatic carbocycles. The third-order valence-corrected chi connectivity index (χ3v) is 13.2. The van der Waals surface area contributed by atoms with Crippen LogP contribution >= 0.6 is 0 Å². The van der Waals surface area contributed by atoms with Gasteiger partial charge in [0, 0.05) is 87.4 Å². The van der Waals surface area contributed by atoms with E-state index in [0.717, 1.165) is 36.5 Å². The van der Waals surface area contributed by atoms with Crippen molar-refractivity contribution in [3.05, 3.63) is 93.0 Å². The lowest BCUT2D eigenvalue weighted by Gasteiger charge is -2.43. The van der Waals surface area contributed by atoms with Crippen LogP contribution in [-0.2, 0) is 40.4 Å². The number of likely N-dealkylation sites (tertiary alicyclic amines) is 1. The summed E-state index contributed by atoms with van der Waals surface area (Å²) in [4.78, 5) is 59.9. The maximum atomic E-state index is 16.3. The maximum absolute atomic E-state index is 16.3. The Labute approximate surface area is 333 Å². The van der Waals surface area contributed by atoms with Gasteiger partial charge in [0.05, 0.1) is 19.1 Å². The fourth-order valence-electron chi connectivity index (χ4n) is 10.4. The standard InChI is InChI=1S/C43H46F4N6O5/c1-24-11-25-13-30(54)3-4-31(25)39(53(24)21-42(2,46)47)38-33(44)15-29(16-34(38)45)50-9-7-43(22-50)8-10-51(23-43)37(56)20-49-17-26-12-28-19-52(35-5-6-36(55)48-40(35)57)41(58)32(28)14-27(26)18-49/h3-4,12-16,24,35,39,54H,5-11,17-23H2,1-2H3,(H,48,55,57)/t24-,35?,39+,43?/m1/s1. The smallest absolute Gasteiger partial charge is 0.257 e. The van der Waals surface area contributed by atoms with E-state index in [9.17, 15) is 33.1 Å². The Morgan fingerprint density at radius 2 is 1.66 bits per heavy atom. The molecule has 2 N–H and O–H groups in total. The molecule has 2 unspecified atom stereocenters. The van der Waals surface area contributed by atoms with E-state index in [1.54, 1.807) is 13.0 Å². The van der Waals surface area contributed by atoms with Gasteiger partial charge in [-0.15, -0.1) is 0 Å². The minimum absolute atomic E-state index is 0.00330. The van der Waals surface area contributed by atoms with Crippen LogP contribution in [0.2, 0.25) is 0 Å². The number of halogens is 4. The third-order valence-electron chi connectivity index (χ3n) is 13.2. The van der Waals surface area contributed by atoms with Crippen LogP contribution in [0.3, 0.4) is 0 Å². The predicted molar refractivity (Wildman–Crippen MR) is 204 cm³/mol. The van der Waals surface area contributed by atoms with Gasteiger partial charge in [-0.25, -0.2) is 17.6 Å². The molecular weight excluding hydrogens is 757 g/mol. The number of hydrogen-bond acceptors (Lipinski definition) is 8. The Morgan fingerprint density at radius 3 is 2.38 bits per heavy atom. The highest BCUT2D eigenvalue weighted by atomic mass is 19.3. The van der Waals surface area contributed by atoms with E-state index in [0.29, 0.717) is 81.0 Å². The lowest BCUT2D eigenvalue weighted by Crippen LogP contribution is -2.52. The van der Waals surface area contributed by atoms with Crippen LogP contribution in [0.1, 0.15) is 89.3 Å². The average Bonchev–Trinajstić information content (AvgIpc) is 3.93. The van der Waals surface area contributed by atoms with Gasteiger partial charge in [-0.1, -0.05) is 12.1 Å². The second-order valence-corrected chi connectivity index (χ2v) is 17.5. The second kappa shape index (κ2) is 14.1. The molecule has 0 bridgehead atoms. The Bertz CT molecular complexity index is 2230. The monoisotopic (exact) mass is 802 g/mol. The number of anilines is 1. The van der Waals surface area contributed by atoms with Gasteiger partial charge in [0.25, 0.3) is 11.8 Å². The predicted octanol–water partition coefficient (Wildman–Crippen LogP) is 4.87. The first-order valence-electron chi connectivity index (χ1n) is 20.0. The van der Waals surface area contributed by atoms with Crippen LogP contribution < -0.4 is 10.2 Å². The van der Waals surface area contributed by atoms with Crippen molar-refractivity contribution < 1.29 is 41.8 Å². The van der Waals surface area contributed by atoms with Crippen molar-refractivity contribution in [1.29, 1.82) is 0 Å². The van der Waals surface area contributed by atoms with Crippen LogP contribution in [-0.4, -0.2) is 106 Å². The number of phenolic OH excluding ortho intramolecular Hbond substituents is 1. The molecule has 58 heavy (non-hydrogen) atoms. The first kappa shape index (κ1) is 38.5.